The molecule has 0 radical (unpaired) electrons. The number of carbonyl (C=O) groups is 4. The number of hydrogen-bond donors (Lipinski definition) is 4. The van der Waals surface area contributed by atoms with Crippen LogP contribution in [-0.2, 0) is 19.2 Å². The minimum atomic E-state index is -0.670. The van der Waals surface area contributed by atoms with Crippen LogP contribution in [-0.4, -0.2) is 58.2 Å². The van der Waals surface area contributed by atoms with Gasteiger partial charge in [-0.2, -0.15) is 0 Å². The predicted molar refractivity (Wildman–Crippen MR) is 184 cm³/mol. The number of ether oxygens (including phenoxy) is 2. The first-order valence-corrected chi connectivity index (χ1v) is 16.1. The van der Waals surface area contributed by atoms with Gasteiger partial charge in [0.15, 0.2) is 34.6 Å². The molecule has 0 aliphatic rings. The number of carbonyl (C=O) groups excluding carboxylic acids is 2. The minimum absolute atomic E-state index is 0.00662. The summed E-state index contributed by atoms with van der Waals surface area (Å²) in [6.45, 7) is 4.30. The Bertz CT molecular complexity index is 1180. The standard InChI is InChI=1S/C21H20O6.2C8H16O2/c1-26-20-11-14(5-9-18(20)24)3-7-16(22)13-17(23)8-4-15-6-10-19(25)21(12-15)27-2;2*1-2-3-4-5-6-7-8(9)10/h3-12,24-25H,13H2,1-2H3;2*2-7H2,1H3,(H,9,10)/b7-3+,8-4+;;. The molecule has 47 heavy (non-hydrogen) atoms. The molecule has 0 aliphatic carbocycles. The molecule has 0 aliphatic heterocycles. The van der Waals surface area contributed by atoms with Crippen molar-refractivity contribution in [1.82, 2.24) is 0 Å². The molecule has 10 heteroatoms. The fraction of sp³-hybridized carbons (Fsp3) is 0.459. The number of rotatable bonds is 20. The van der Waals surface area contributed by atoms with E-state index in [4.69, 9.17) is 19.7 Å². The molecule has 0 saturated heterocycles. The molecule has 0 bridgehead atoms. The largest absolute Gasteiger partial charge is 0.504 e. The fourth-order valence-corrected chi connectivity index (χ4v) is 4.02. The second-order valence-corrected chi connectivity index (χ2v) is 10.8. The third-order valence-corrected chi connectivity index (χ3v) is 6.67. The molecule has 2 aromatic carbocycles. The van der Waals surface area contributed by atoms with Crippen LogP contribution in [0.2, 0.25) is 0 Å². The lowest BCUT2D eigenvalue weighted by Gasteiger charge is -2.03. The second kappa shape index (κ2) is 26.6. The van der Waals surface area contributed by atoms with Crippen LogP contribution in [0, 0.1) is 0 Å². The number of carboxylic acids is 2. The summed E-state index contributed by atoms with van der Waals surface area (Å²) in [6.07, 6.45) is 17.2. The van der Waals surface area contributed by atoms with Gasteiger partial charge in [-0.05, 0) is 60.4 Å². The van der Waals surface area contributed by atoms with Crippen molar-refractivity contribution in [2.24, 2.45) is 0 Å². The van der Waals surface area contributed by atoms with E-state index in [-0.39, 0.29) is 29.5 Å². The smallest absolute Gasteiger partial charge is 0.303 e. The molecule has 0 aromatic heterocycles. The molecule has 0 fully saturated rings. The van der Waals surface area contributed by atoms with E-state index in [1.165, 1.54) is 77.0 Å². The third kappa shape index (κ3) is 22.5. The minimum Gasteiger partial charge on any atom is -0.504 e. The number of hydrogen-bond acceptors (Lipinski definition) is 8. The number of carboxylic acid groups (broad SMARTS) is 2. The van der Waals surface area contributed by atoms with Crippen LogP contribution in [0.3, 0.4) is 0 Å². The zero-order valence-electron chi connectivity index (χ0n) is 28.2. The molecule has 4 N–H and O–H groups in total. The lowest BCUT2D eigenvalue weighted by molar-refractivity contribution is -0.138. The number of unbranched alkanes of at least 4 members (excludes halogenated alkanes) is 8. The number of allylic oxidation sites excluding steroid dienone is 2. The third-order valence-electron chi connectivity index (χ3n) is 6.67. The summed E-state index contributed by atoms with van der Waals surface area (Å²) < 4.78 is 10.00. The number of phenols is 2. The van der Waals surface area contributed by atoms with Crippen LogP contribution in [0.4, 0.5) is 0 Å². The Morgan fingerprint density at radius 1 is 0.596 bits per heavy atom. The van der Waals surface area contributed by atoms with Gasteiger partial charge in [-0.3, -0.25) is 19.2 Å². The summed E-state index contributed by atoms with van der Waals surface area (Å²) in [4.78, 5) is 43.9. The van der Waals surface area contributed by atoms with Gasteiger partial charge < -0.3 is 29.9 Å². The maximum atomic E-state index is 11.9. The van der Waals surface area contributed by atoms with E-state index in [2.05, 4.69) is 13.8 Å². The molecule has 0 spiro atoms. The topological polar surface area (TPSA) is 168 Å². The summed E-state index contributed by atoms with van der Waals surface area (Å²) in [5, 5.41) is 35.6. The van der Waals surface area contributed by atoms with E-state index < -0.39 is 11.9 Å². The van der Waals surface area contributed by atoms with Crippen molar-refractivity contribution in [3.63, 3.8) is 0 Å². The van der Waals surface area contributed by atoms with E-state index in [0.717, 1.165) is 25.7 Å². The summed E-state index contributed by atoms with van der Waals surface area (Å²) in [6, 6.07) is 9.34. The molecule has 0 atom stereocenters. The van der Waals surface area contributed by atoms with Crippen molar-refractivity contribution in [1.29, 1.82) is 0 Å². The molecular weight excluding hydrogens is 604 g/mol. The maximum Gasteiger partial charge on any atom is 0.303 e. The lowest BCUT2D eigenvalue weighted by atomic mass is 10.1. The quantitative estimate of drug-likeness (QED) is 0.0619. The average molecular weight is 657 g/mol. The van der Waals surface area contributed by atoms with Crippen LogP contribution in [0.25, 0.3) is 12.2 Å². The number of phenolic OH excluding ortho intramolecular Hbond substituents is 2. The monoisotopic (exact) mass is 656 g/mol. The fourth-order valence-electron chi connectivity index (χ4n) is 4.02. The number of methoxy groups -OCH3 is 2. The highest BCUT2D eigenvalue weighted by Gasteiger charge is 2.06. The Morgan fingerprint density at radius 3 is 1.28 bits per heavy atom. The van der Waals surface area contributed by atoms with Crippen LogP contribution < -0.4 is 9.47 Å². The first-order valence-electron chi connectivity index (χ1n) is 16.1. The first kappa shape index (κ1) is 42.4. The van der Waals surface area contributed by atoms with Crippen LogP contribution in [0.1, 0.15) is 108 Å². The van der Waals surface area contributed by atoms with Crippen molar-refractivity contribution in [3.05, 3.63) is 59.7 Å². The Morgan fingerprint density at radius 2 is 0.957 bits per heavy atom. The van der Waals surface area contributed by atoms with Crippen molar-refractivity contribution in [3.8, 4) is 23.0 Å². The zero-order valence-corrected chi connectivity index (χ0v) is 28.2. The Balaban J connectivity index is 0.000000868. The normalized spacial score (nSPS) is 10.5. The summed E-state index contributed by atoms with van der Waals surface area (Å²) in [5.41, 5.74) is 1.33. The molecule has 0 unspecified atom stereocenters. The number of benzene rings is 2. The van der Waals surface area contributed by atoms with Crippen molar-refractivity contribution in [2.75, 3.05) is 14.2 Å². The Labute approximate surface area is 278 Å². The zero-order chi connectivity index (χ0) is 35.5. The summed E-state index contributed by atoms with van der Waals surface area (Å²) in [7, 11) is 2.87. The molecule has 0 amide bonds. The van der Waals surface area contributed by atoms with Crippen LogP contribution in [0.5, 0.6) is 23.0 Å². The van der Waals surface area contributed by atoms with Gasteiger partial charge in [0.1, 0.15) is 0 Å². The van der Waals surface area contributed by atoms with Crippen LogP contribution >= 0.6 is 0 Å². The highest BCUT2D eigenvalue weighted by atomic mass is 16.5. The SMILES string of the molecule is CCCCCCCC(=O)O.CCCCCCCC(=O)O.COc1cc(/C=C/C(=O)CC(=O)/C=C/c2ccc(O)c(OC)c2)ccc1O. The molecule has 0 heterocycles. The second-order valence-electron chi connectivity index (χ2n) is 10.8. The van der Waals surface area contributed by atoms with E-state index in [1.54, 1.807) is 36.4 Å². The van der Waals surface area contributed by atoms with Crippen molar-refractivity contribution in [2.45, 2.75) is 97.3 Å². The summed E-state index contributed by atoms with van der Waals surface area (Å²) in [5.74, 6) is -1.42. The maximum absolute atomic E-state index is 11.9. The van der Waals surface area contributed by atoms with Gasteiger partial charge in [-0.1, -0.05) is 89.5 Å². The predicted octanol–water partition coefficient (Wildman–Crippen LogP) is 8.23. The number of ketones is 2. The van der Waals surface area contributed by atoms with E-state index in [9.17, 15) is 29.4 Å². The highest BCUT2D eigenvalue weighted by molar-refractivity contribution is 6.10. The highest BCUT2D eigenvalue weighted by Crippen LogP contribution is 2.27. The Kier molecular flexibility index (Phi) is 24.0. The van der Waals surface area contributed by atoms with Gasteiger partial charge in [0.25, 0.3) is 0 Å². The molecular formula is C37H52O10. The van der Waals surface area contributed by atoms with Gasteiger partial charge in [0, 0.05) is 12.8 Å². The molecule has 0 saturated carbocycles. The van der Waals surface area contributed by atoms with Gasteiger partial charge in [-0.25, -0.2) is 0 Å². The molecule has 2 aromatic rings. The van der Waals surface area contributed by atoms with Crippen LogP contribution in [0.15, 0.2) is 48.6 Å². The molecule has 2 rings (SSSR count). The van der Waals surface area contributed by atoms with E-state index >= 15 is 0 Å². The molecule has 260 valence electrons. The first-order chi connectivity index (χ1) is 22.5. The summed E-state index contributed by atoms with van der Waals surface area (Å²) >= 11 is 0. The van der Waals surface area contributed by atoms with Gasteiger partial charge in [-0.15, -0.1) is 0 Å². The van der Waals surface area contributed by atoms with Gasteiger partial charge in [0.2, 0.25) is 0 Å². The van der Waals surface area contributed by atoms with Crippen molar-refractivity contribution < 1.29 is 49.1 Å². The number of aromatic hydroxyl groups is 2. The Hall–Kier alpha value is -4.60. The van der Waals surface area contributed by atoms with Gasteiger partial charge in [0.05, 0.1) is 20.6 Å². The van der Waals surface area contributed by atoms with Gasteiger partial charge >= 0.3 is 11.9 Å². The average Bonchev–Trinajstić information content (AvgIpc) is 3.04. The number of aliphatic carboxylic acids is 2. The van der Waals surface area contributed by atoms with Crippen molar-refractivity contribution >= 4 is 35.7 Å². The van der Waals surface area contributed by atoms with E-state index in [1.807, 2.05) is 0 Å². The lowest BCUT2D eigenvalue weighted by Crippen LogP contribution is -2.01. The molecule has 10 nitrogen and oxygen atoms in total. The van der Waals surface area contributed by atoms with E-state index in [0.29, 0.717) is 35.5 Å².